The highest BCUT2D eigenvalue weighted by Gasteiger charge is 2.32. The molecule has 0 aromatic heterocycles. The Labute approximate surface area is 87.9 Å². The van der Waals surface area contributed by atoms with Crippen molar-refractivity contribution in [3.05, 3.63) is 0 Å². The maximum atomic E-state index is 11.3. The van der Waals surface area contributed by atoms with Crippen LogP contribution in [0.2, 0.25) is 0 Å². The molecular weight excluding hydrogens is 206 g/mol. The van der Waals surface area contributed by atoms with Crippen LogP contribution in [0.25, 0.3) is 0 Å². The summed E-state index contributed by atoms with van der Waals surface area (Å²) in [5, 5.41) is 29.0. The van der Waals surface area contributed by atoms with Crippen molar-refractivity contribution in [2.75, 3.05) is 13.2 Å². The highest BCUT2D eigenvalue weighted by molar-refractivity contribution is 5.81. The summed E-state index contributed by atoms with van der Waals surface area (Å²) in [4.78, 5) is 21.4. The number of hydrogen-bond donors (Lipinski definition) is 4. The van der Waals surface area contributed by atoms with E-state index in [0.717, 1.165) is 0 Å². The molecule has 6 nitrogen and oxygen atoms in total. The van der Waals surface area contributed by atoms with Crippen molar-refractivity contribution in [2.45, 2.75) is 26.4 Å². The van der Waals surface area contributed by atoms with Gasteiger partial charge in [0.2, 0.25) is 5.91 Å². The van der Waals surface area contributed by atoms with Gasteiger partial charge >= 0.3 is 5.97 Å². The van der Waals surface area contributed by atoms with E-state index in [-0.39, 0.29) is 19.6 Å². The molecule has 0 saturated heterocycles. The predicted molar refractivity (Wildman–Crippen MR) is 52.1 cm³/mol. The molecule has 6 heteroatoms. The summed E-state index contributed by atoms with van der Waals surface area (Å²) < 4.78 is 0. The normalized spacial score (nSPS) is 13.3. The Morgan fingerprint density at radius 2 is 1.93 bits per heavy atom. The lowest BCUT2D eigenvalue weighted by molar-refractivity contribution is -0.138. The van der Waals surface area contributed by atoms with Gasteiger partial charge in [0.1, 0.15) is 6.10 Å². The lowest BCUT2D eigenvalue weighted by Crippen LogP contribution is -2.45. The zero-order valence-corrected chi connectivity index (χ0v) is 8.86. The van der Waals surface area contributed by atoms with E-state index < -0.39 is 23.4 Å². The van der Waals surface area contributed by atoms with Crippen LogP contribution in [-0.4, -0.2) is 46.5 Å². The minimum absolute atomic E-state index is 0.0350. The van der Waals surface area contributed by atoms with Crippen LogP contribution in [0.3, 0.4) is 0 Å². The van der Waals surface area contributed by atoms with Crippen LogP contribution in [0, 0.1) is 5.41 Å². The van der Waals surface area contributed by atoms with E-state index in [9.17, 15) is 14.7 Å². The van der Waals surface area contributed by atoms with Gasteiger partial charge in [0.05, 0.1) is 13.0 Å². The fraction of sp³-hybridized carbons (Fsp3) is 0.778. The fourth-order valence-corrected chi connectivity index (χ4v) is 0.831. The minimum atomic E-state index is -1.35. The second-order valence-electron chi connectivity index (χ2n) is 3.98. The SMILES string of the molecule is CC(C)(CO)[C@H](O)C(=O)[15NH][13CH2][13CH2][13C](=O)O. The molecule has 0 bridgehead atoms. The van der Waals surface area contributed by atoms with Crippen LogP contribution in [0.15, 0.2) is 0 Å². The van der Waals surface area contributed by atoms with Gasteiger partial charge in [-0.1, -0.05) is 13.8 Å². The maximum absolute atomic E-state index is 11.3. The van der Waals surface area contributed by atoms with Gasteiger partial charge in [-0.05, 0) is 0 Å². The molecule has 0 rings (SSSR count). The summed E-state index contributed by atoms with van der Waals surface area (Å²) in [7, 11) is 0. The molecule has 0 spiro atoms. The van der Waals surface area contributed by atoms with Gasteiger partial charge in [-0.2, -0.15) is 0 Å². The van der Waals surface area contributed by atoms with Crippen molar-refractivity contribution in [1.29, 1.82) is 0 Å². The largest absolute Gasteiger partial charge is 0.481 e. The molecule has 0 aliphatic carbocycles. The number of aliphatic carboxylic acids is 1. The van der Waals surface area contributed by atoms with Gasteiger partial charge in [-0.3, -0.25) is 9.59 Å². The van der Waals surface area contributed by atoms with Crippen LogP contribution in [0.4, 0.5) is 0 Å². The van der Waals surface area contributed by atoms with E-state index in [1.807, 2.05) is 0 Å². The van der Waals surface area contributed by atoms with E-state index >= 15 is 0 Å². The molecule has 0 aliphatic rings. The third kappa shape index (κ3) is 4.75. The first-order chi connectivity index (χ1) is 6.81. The Morgan fingerprint density at radius 3 is 2.33 bits per heavy atom. The lowest BCUT2D eigenvalue weighted by atomic mass is 9.87. The van der Waals surface area contributed by atoms with Crippen molar-refractivity contribution < 1.29 is 24.9 Å². The molecule has 4 N–H and O–H groups in total. The number of hydrogen-bond acceptors (Lipinski definition) is 4. The average Bonchev–Trinajstić information content (AvgIpc) is 2.15. The molecule has 0 fully saturated rings. The molecule has 15 heavy (non-hydrogen) atoms. The van der Waals surface area contributed by atoms with Crippen LogP contribution < -0.4 is 5.32 Å². The molecule has 0 aromatic carbocycles. The number of amides is 1. The lowest BCUT2D eigenvalue weighted by Gasteiger charge is -2.26. The number of carboxylic acids is 1. The average molecular weight is 223 g/mol. The number of aliphatic hydroxyl groups is 2. The highest BCUT2D eigenvalue weighted by Crippen LogP contribution is 2.19. The first kappa shape index (κ1) is 13.9. The Bertz CT molecular complexity index is 239. The van der Waals surface area contributed by atoms with Gasteiger partial charge in [-0.15, -0.1) is 0 Å². The molecule has 0 radical (unpaired) electrons. The van der Waals surface area contributed by atoms with Gasteiger partial charge < -0.3 is 20.6 Å². The first-order valence-electron chi connectivity index (χ1n) is 4.59. The topological polar surface area (TPSA) is 107 Å². The molecule has 0 aliphatic heterocycles. The van der Waals surface area contributed by atoms with E-state index in [4.69, 9.17) is 10.2 Å². The molecular formula is C9H17NO5. The van der Waals surface area contributed by atoms with Crippen LogP contribution in [-0.2, 0) is 9.59 Å². The Kier molecular flexibility index (Phi) is 5.24. The summed E-state index contributed by atoms with van der Waals surface area (Å²) in [6.45, 7) is 2.70. The standard InChI is InChI=1S/C9H17NO5/c1-9(2,5-11)7(14)8(15)10-4-3-6(12)13/h7,11,14H,3-5H2,1-2H3,(H,10,15)(H,12,13)/t7-/m1/s1/i3+1,4+1,6+1,10+1. The van der Waals surface area contributed by atoms with Crippen molar-refractivity contribution in [2.24, 2.45) is 5.41 Å². The number of rotatable bonds is 6. The molecule has 0 saturated carbocycles. The Balaban J connectivity index is 4.05. The van der Waals surface area contributed by atoms with Gasteiger partial charge in [0, 0.05) is 12.0 Å². The van der Waals surface area contributed by atoms with E-state index in [1.165, 1.54) is 13.8 Å². The van der Waals surface area contributed by atoms with Crippen LogP contribution in [0.1, 0.15) is 20.3 Å². The second kappa shape index (κ2) is 5.67. The number of carboxylic acid groups (broad SMARTS) is 1. The van der Waals surface area contributed by atoms with E-state index in [0.29, 0.717) is 0 Å². The van der Waals surface area contributed by atoms with Crippen molar-refractivity contribution in [3.8, 4) is 0 Å². The zero-order valence-electron chi connectivity index (χ0n) is 8.86. The van der Waals surface area contributed by atoms with Crippen molar-refractivity contribution in [1.82, 2.24) is 5.32 Å². The van der Waals surface area contributed by atoms with Gasteiger partial charge in [0.25, 0.3) is 0 Å². The first-order valence-corrected chi connectivity index (χ1v) is 4.59. The molecule has 0 aromatic rings. The predicted octanol–water partition coefficient (Wildman–Crippen LogP) is -1.04. The van der Waals surface area contributed by atoms with E-state index in [2.05, 4.69) is 5.32 Å². The van der Waals surface area contributed by atoms with Crippen LogP contribution >= 0.6 is 0 Å². The quantitative estimate of drug-likeness (QED) is 0.340. The summed E-state index contributed by atoms with van der Waals surface area (Å²) in [5.74, 6) is -1.69. The zero-order chi connectivity index (χ0) is 12.1. The molecule has 88 valence electrons. The summed E-state index contributed by atoms with van der Waals surface area (Å²) >= 11 is 0. The smallest absolute Gasteiger partial charge is 0.305 e. The Morgan fingerprint density at radius 1 is 1.40 bits per heavy atom. The minimum Gasteiger partial charge on any atom is -0.481 e. The van der Waals surface area contributed by atoms with Crippen molar-refractivity contribution in [3.63, 3.8) is 0 Å². The second-order valence-corrected chi connectivity index (χ2v) is 3.98. The highest BCUT2D eigenvalue weighted by atomic mass is 16.5. The number of carbonyl (C=O) groups excluding carboxylic acids is 1. The number of aliphatic hydroxyl groups excluding tert-OH is 2. The van der Waals surface area contributed by atoms with Gasteiger partial charge in [0.15, 0.2) is 0 Å². The fourth-order valence-electron chi connectivity index (χ4n) is 0.831. The summed E-state index contributed by atoms with van der Waals surface area (Å²) in [6.07, 6.45) is -1.55. The number of nitrogens with one attached hydrogen (secondary N) is 1. The third-order valence-electron chi connectivity index (χ3n) is 2.03. The molecule has 0 heterocycles. The number of carbonyl (C=O) groups is 2. The van der Waals surface area contributed by atoms with Crippen LogP contribution in [0.5, 0.6) is 0 Å². The van der Waals surface area contributed by atoms with Gasteiger partial charge in [-0.25, -0.2) is 0 Å². The molecule has 0 unspecified atom stereocenters. The monoisotopic (exact) mass is 223 g/mol. The maximum Gasteiger partial charge on any atom is 0.305 e. The third-order valence-corrected chi connectivity index (χ3v) is 2.03. The van der Waals surface area contributed by atoms with Crippen molar-refractivity contribution >= 4 is 11.9 Å². The molecule has 1 amide bonds. The Hall–Kier alpha value is -1.14. The molecule has 1 atom stereocenters. The van der Waals surface area contributed by atoms with E-state index in [1.54, 1.807) is 0 Å². The summed E-state index contributed by atoms with van der Waals surface area (Å²) in [5.41, 5.74) is -0.937. The summed E-state index contributed by atoms with van der Waals surface area (Å²) in [6, 6.07) is 0.